The Morgan fingerprint density at radius 2 is 1.76 bits per heavy atom. The second-order valence-corrected chi connectivity index (χ2v) is 9.32. The average molecular weight is 513 g/mol. The highest BCUT2D eigenvalue weighted by Crippen LogP contribution is 2.40. The zero-order chi connectivity index (χ0) is 24.9. The number of hydrogen-bond acceptors (Lipinski definition) is 4. The molecule has 2 aromatic rings. The van der Waals surface area contributed by atoms with Crippen LogP contribution in [0.5, 0.6) is 0 Å². The summed E-state index contributed by atoms with van der Waals surface area (Å²) >= 11 is 6.29. The molecule has 0 N–H and O–H groups in total. The lowest BCUT2D eigenvalue weighted by molar-refractivity contribution is -0.308. The van der Waals surface area contributed by atoms with Crippen LogP contribution in [0.3, 0.4) is 0 Å². The van der Waals surface area contributed by atoms with Gasteiger partial charge in [-0.1, -0.05) is 11.6 Å². The van der Waals surface area contributed by atoms with Crippen LogP contribution in [0.2, 0.25) is 5.02 Å². The molecule has 0 unspecified atom stereocenters. The van der Waals surface area contributed by atoms with Crippen LogP contribution in [0.25, 0.3) is 5.65 Å². The van der Waals surface area contributed by atoms with Gasteiger partial charge >= 0.3 is 18.4 Å². The fraction of sp³-hybridized carbons (Fsp3) is 0.619. The Hall–Kier alpha value is -2.21. The monoisotopic (exact) mass is 512 g/mol. The van der Waals surface area contributed by atoms with E-state index in [1.807, 2.05) is 29.8 Å². The number of rotatable bonds is 3. The van der Waals surface area contributed by atoms with Crippen LogP contribution in [0.1, 0.15) is 36.9 Å². The summed E-state index contributed by atoms with van der Waals surface area (Å²) in [6.07, 6.45) is -10.9. The first-order valence-corrected chi connectivity index (χ1v) is 11.1. The zero-order valence-electron chi connectivity index (χ0n) is 18.2. The summed E-state index contributed by atoms with van der Waals surface area (Å²) in [5.74, 6) is 0. The number of amides is 1. The third-order valence-electron chi connectivity index (χ3n) is 6.55. The molecule has 2 aromatic heterocycles. The molecule has 0 radical (unpaired) electrons. The predicted molar refractivity (Wildman–Crippen MR) is 111 cm³/mol. The number of carbonyl (C=O) groups is 1. The van der Waals surface area contributed by atoms with E-state index in [4.69, 9.17) is 11.6 Å². The van der Waals surface area contributed by atoms with Crippen molar-refractivity contribution in [3.63, 3.8) is 0 Å². The van der Waals surface area contributed by atoms with Crippen LogP contribution in [-0.4, -0.2) is 68.9 Å². The number of halogens is 7. The first-order valence-electron chi connectivity index (χ1n) is 10.8. The summed E-state index contributed by atoms with van der Waals surface area (Å²) in [5.41, 5.74) is 2.11. The maximum atomic E-state index is 12.7. The molecule has 0 bridgehead atoms. The Kier molecular flexibility index (Phi) is 6.43. The van der Waals surface area contributed by atoms with Crippen LogP contribution in [0, 0.1) is 6.92 Å². The van der Waals surface area contributed by atoms with Gasteiger partial charge in [0.15, 0.2) is 5.65 Å². The van der Waals surface area contributed by atoms with Crippen molar-refractivity contribution in [2.45, 2.75) is 63.1 Å². The van der Waals surface area contributed by atoms with Crippen molar-refractivity contribution >= 4 is 23.3 Å². The van der Waals surface area contributed by atoms with E-state index in [-0.39, 0.29) is 18.6 Å². The minimum Gasteiger partial charge on any atom is -0.426 e. The fourth-order valence-corrected chi connectivity index (χ4v) is 5.23. The van der Waals surface area contributed by atoms with Gasteiger partial charge < -0.3 is 14.0 Å². The van der Waals surface area contributed by atoms with E-state index >= 15 is 0 Å². The minimum absolute atomic E-state index is 0.00789. The first kappa shape index (κ1) is 24.9. The number of carbonyl (C=O) groups excluding carboxylic acids is 1. The standard InChI is InChI=1S/C21H23ClF6N4O2/c1-13-9-15(22)16-29-14(11-31(16)10-13)12-32-6-2-3-19(32)4-7-30(8-5-19)18(33)34-17(20(23,24)25)21(26,27)28/h9-11,17H,2-8,12H2,1H3. The molecule has 1 amide bonds. The van der Waals surface area contributed by atoms with Crippen molar-refractivity contribution in [3.8, 4) is 0 Å². The van der Waals surface area contributed by atoms with Crippen molar-refractivity contribution in [1.29, 1.82) is 0 Å². The molecule has 0 saturated carbocycles. The molecule has 13 heteroatoms. The number of aryl methyl sites for hydroxylation is 1. The van der Waals surface area contributed by atoms with Crippen LogP contribution < -0.4 is 0 Å². The highest BCUT2D eigenvalue weighted by atomic mass is 35.5. The lowest BCUT2D eigenvalue weighted by atomic mass is 9.85. The second kappa shape index (κ2) is 8.78. The smallest absolute Gasteiger partial charge is 0.426 e. The quantitative estimate of drug-likeness (QED) is 0.520. The van der Waals surface area contributed by atoms with Crippen LogP contribution >= 0.6 is 11.6 Å². The number of hydrogen-bond donors (Lipinski definition) is 0. The summed E-state index contributed by atoms with van der Waals surface area (Å²) in [6.45, 7) is 3.23. The van der Waals surface area contributed by atoms with Crippen LogP contribution in [0.4, 0.5) is 31.1 Å². The van der Waals surface area contributed by atoms with Gasteiger partial charge in [-0.3, -0.25) is 4.90 Å². The van der Waals surface area contributed by atoms with E-state index in [1.165, 1.54) is 0 Å². The molecule has 2 fully saturated rings. The van der Waals surface area contributed by atoms with Crippen molar-refractivity contribution in [3.05, 3.63) is 34.7 Å². The van der Waals surface area contributed by atoms with Gasteiger partial charge in [0.05, 0.1) is 10.7 Å². The molecule has 0 atom stereocenters. The van der Waals surface area contributed by atoms with Gasteiger partial charge in [-0.15, -0.1) is 0 Å². The third kappa shape index (κ3) is 4.93. The number of fused-ring (bicyclic) bond motifs is 1. The topological polar surface area (TPSA) is 50.1 Å². The number of piperidine rings is 1. The maximum absolute atomic E-state index is 12.7. The van der Waals surface area contributed by atoms with E-state index in [1.54, 1.807) is 0 Å². The summed E-state index contributed by atoms with van der Waals surface area (Å²) in [4.78, 5) is 19.9. The van der Waals surface area contributed by atoms with E-state index in [0.29, 0.717) is 30.1 Å². The number of imidazole rings is 1. The number of alkyl halides is 6. The Labute approximate surface area is 196 Å². The largest absolute Gasteiger partial charge is 0.434 e. The van der Waals surface area contributed by atoms with E-state index in [2.05, 4.69) is 14.6 Å². The van der Waals surface area contributed by atoms with Crippen molar-refractivity contribution in [2.75, 3.05) is 19.6 Å². The average Bonchev–Trinajstić information content (AvgIpc) is 3.29. The Balaban J connectivity index is 1.42. The molecule has 0 aliphatic carbocycles. The van der Waals surface area contributed by atoms with Gasteiger partial charge in [-0.25, -0.2) is 9.78 Å². The lowest BCUT2D eigenvalue weighted by Crippen LogP contribution is -2.54. The SMILES string of the molecule is Cc1cc(Cl)c2nc(CN3CCCC34CCN(C(=O)OC(C(F)(F)F)C(F)(F)F)CC4)cn2c1. The summed E-state index contributed by atoms with van der Waals surface area (Å²) < 4.78 is 82.1. The van der Waals surface area contributed by atoms with Crippen LogP contribution in [-0.2, 0) is 11.3 Å². The molecule has 188 valence electrons. The Bertz CT molecular complexity index is 1050. The number of ether oxygens (including phenoxy) is 1. The van der Waals surface area contributed by atoms with Gasteiger partial charge in [-0.05, 0) is 50.8 Å². The van der Waals surface area contributed by atoms with Crippen molar-refractivity contribution < 1.29 is 35.9 Å². The number of aromatic nitrogens is 2. The molecule has 4 rings (SSSR count). The Morgan fingerprint density at radius 3 is 2.38 bits per heavy atom. The van der Waals surface area contributed by atoms with E-state index in [9.17, 15) is 31.1 Å². The van der Waals surface area contributed by atoms with Gasteiger partial charge in [0.1, 0.15) is 0 Å². The zero-order valence-corrected chi connectivity index (χ0v) is 19.0. The lowest BCUT2D eigenvalue weighted by Gasteiger charge is -2.44. The number of pyridine rings is 1. The molecular weight excluding hydrogens is 490 g/mol. The van der Waals surface area contributed by atoms with Gasteiger partial charge in [0, 0.05) is 37.6 Å². The molecule has 2 aliphatic heterocycles. The highest BCUT2D eigenvalue weighted by molar-refractivity contribution is 6.33. The maximum Gasteiger partial charge on any atom is 0.434 e. The van der Waals surface area contributed by atoms with Gasteiger partial charge in [0.25, 0.3) is 6.10 Å². The van der Waals surface area contributed by atoms with Crippen LogP contribution in [0.15, 0.2) is 18.5 Å². The van der Waals surface area contributed by atoms with E-state index in [0.717, 1.165) is 35.5 Å². The molecule has 6 nitrogen and oxygen atoms in total. The van der Waals surface area contributed by atoms with Crippen molar-refractivity contribution in [1.82, 2.24) is 19.2 Å². The number of likely N-dealkylation sites (tertiary alicyclic amines) is 2. The normalized spacial score (nSPS) is 19.5. The number of nitrogens with zero attached hydrogens (tertiary/aromatic N) is 4. The molecule has 2 aliphatic rings. The van der Waals surface area contributed by atoms with Gasteiger partial charge in [-0.2, -0.15) is 26.3 Å². The molecule has 2 saturated heterocycles. The molecule has 1 spiro atoms. The summed E-state index contributed by atoms with van der Waals surface area (Å²) in [5, 5.41) is 0.533. The van der Waals surface area contributed by atoms with E-state index < -0.39 is 24.5 Å². The van der Waals surface area contributed by atoms with Crippen molar-refractivity contribution in [2.24, 2.45) is 0 Å². The molecular formula is C21H23ClF6N4O2. The fourth-order valence-electron chi connectivity index (χ4n) is 4.92. The highest BCUT2D eigenvalue weighted by Gasteiger charge is 2.60. The summed E-state index contributed by atoms with van der Waals surface area (Å²) in [6, 6.07) is 1.82. The second-order valence-electron chi connectivity index (χ2n) is 8.91. The first-order chi connectivity index (χ1) is 15.8. The third-order valence-corrected chi connectivity index (χ3v) is 6.83. The summed E-state index contributed by atoms with van der Waals surface area (Å²) in [7, 11) is 0. The molecule has 4 heterocycles. The molecule has 34 heavy (non-hydrogen) atoms. The Morgan fingerprint density at radius 1 is 1.12 bits per heavy atom. The minimum atomic E-state index is -5.73. The predicted octanol–water partition coefficient (Wildman–Crippen LogP) is 5.36. The molecule has 0 aromatic carbocycles. The van der Waals surface area contributed by atoms with Gasteiger partial charge in [0.2, 0.25) is 0 Å².